The number of halogens is 2. The van der Waals surface area contributed by atoms with E-state index >= 15 is 0 Å². The molecule has 0 aromatic heterocycles. The molecule has 2 amide bonds. The molecule has 0 radical (unpaired) electrons. The third-order valence-electron chi connectivity index (χ3n) is 7.82. The van der Waals surface area contributed by atoms with Crippen molar-refractivity contribution >= 4 is 50.7 Å². The number of benzene rings is 3. The number of carbonyl (C=O) groups is 2. The minimum absolute atomic E-state index is 0.0158. The van der Waals surface area contributed by atoms with Gasteiger partial charge < -0.3 is 19.7 Å². The summed E-state index contributed by atoms with van der Waals surface area (Å²) < 4.78 is 38.5. The summed E-state index contributed by atoms with van der Waals surface area (Å²) in [5.74, 6) is 0.00565. The van der Waals surface area contributed by atoms with Gasteiger partial charge in [0.2, 0.25) is 21.8 Å². The SMILES string of the molecule is CS(=O)(=O)N(CC(=O)N(Cc1ccc(Cl)cc1Cl)[C@H](Cc1ccccc1)C(=O)NC1CCCC1)c1ccc2c(c1)OCCO2. The molecule has 0 saturated heterocycles. The third-order valence-corrected chi connectivity index (χ3v) is 9.55. The number of hydrogen-bond donors (Lipinski definition) is 1. The number of carbonyl (C=O) groups excluding carboxylic acids is 2. The van der Waals surface area contributed by atoms with Crippen LogP contribution in [0.15, 0.2) is 66.7 Å². The van der Waals surface area contributed by atoms with Gasteiger partial charge in [-0.05, 0) is 48.2 Å². The van der Waals surface area contributed by atoms with Crippen LogP contribution in [0.5, 0.6) is 11.5 Å². The second-order valence-electron chi connectivity index (χ2n) is 11.1. The van der Waals surface area contributed by atoms with Crippen molar-refractivity contribution in [1.82, 2.24) is 10.2 Å². The maximum atomic E-state index is 14.3. The van der Waals surface area contributed by atoms with Crippen molar-refractivity contribution in [3.05, 3.63) is 87.9 Å². The zero-order chi connectivity index (χ0) is 31.3. The van der Waals surface area contributed by atoms with E-state index in [2.05, 4.69) is 5.32 Å². The highest BCUT2D eigenvalue weighted by molar-refractivity contribution is 7.92. The molecule has 0 spiro atoms. The Labute approximate surface area is 268 Å². The van der Waals surface area contributed by atoms with Gasteiger partial charge in [0.15, 0.2) is 11.5 Å². The fourth-order valence-electron chi connectivity index (χ4n) is 5.56. The summed E-state index contributed by atoms with van der Waals surface area (Å²) in [6.45, 7) is 0.116. The molecule has 1 atom stereocenters. The largest absolute Gasteiger partial charge is 0.486 e. The minimum atomic E-state index is -3.94. The number of amides is 2. The van der Waals surface area contributed by atoms with E-state index in [-0.39, 0.29) is 30.6 Å². The van der Waals surface area contributed by atoms with Gasteiger partial charge >= 0.3 is 0 Å². The quantitative estimate of drug-likeness (QED) is 0.302. The van der Waals surface area contributed by atoms with Crippen molar-refractivity contribution in [2.45, 2.75) is 50.7 Å². The van der Waals surface area contributed by atoms with E-state index in [1.54, 1.807) is 30.3 Å². The van der Waals surface area contributed by atoms with Crippen molar-refractivity contribution in [1.29, 1.82) is 0 Å². The highest BCUT2D eigenvalue weighted by Gasteiger charge is 2.35. The number of ether oxygens (including phenoxy) is 2. The molecule has 1 heterocycles. The molecule has 1 saturated carbocycles. The molecule has 44 heavy (non-hydrogen) atoms. The van der Waals surface area contributed by atoms with Crippen LogP contribution in [-0.2, 0) is 32.6 Å². The van der Waals surface area contributed by atoms with Crippen molar-refractivity contribution in [2.24, 2.45) is 0 Å². The van der Waals surface area contributed by atoms with Crippen LogP contribution in [0.3, 0.4) is 0 Å². The highest BCUT2D eigenvalue weighted by Crippen LogP contribution is 2.35. The first-order valence-corrected chi connectivity index (χ1v) is 17.1. The van der Waals surface area contributed by atoms with E-state index in [0.29, 0.717) is 40.3 Å². The summed E-state index contributed by atoms with van der Waals surface area (Å²) in [7, 11) is -3.94. The number of anilines is 1. The minimum Gasteiger partial charge on any atom is -0.486 e. The lowest BCUT2D eigenvalue weighted by atomic mass is 10.0. The molecule has 5 rings (SSSR count). The molecular weight excluding hydrogens is 625 g/mol. The van der Waals surface area contributed by atoms with Crippen LogP contribution in [0, 0.1) is 0 Å². The zero-order valence-corrected chi connectivity index (χ0v) is 26.7. The summed E-state index contributed by atoms with van der Waals surface area (Å²) >= 11 is 12.7. The summed E-state index contributed by atoms with van der Waals surface area (Å²) in [5, 5.41) is 3.90. The number of rotatable bonds is 11. The first-order chi connectivity index (χ1) is 21.1. The predicted molar refractivity (Wildman–Crippen MR) is 171 cm³/mol. The van der Waals surface area contributed by atoms with Gasteiger partial charge in [0.1, 0.15) is 25.8 Å². The molecular formula is C32H35Cl2N3O6S. The lowest BCUT2D eigenvalue weighted by molar-refractivity contribution is -0.140. The Morgan fingerprint density at radius 2 is 1.66 bits per heavy atom. The smallest absolute Gasteiger partial charge is 0.244 e. The fourth-order valence-corrected chi connectivity index (χ4v) is 6.87. The molecule has 1 N–H and O–H groups in total. The molecule has 3 aromatic rings. The Kier molecular flexibility index (Phi) is 10.2. The van der Waals surface area contributed by atoms with Gasteiger partial charge in [-0.3, -0.25) is 13.9 Å². The Morgan fingerprint density at radius 1 is 0.955 bits per heavy atom. The van der Waals surface area contributed by atoms with Crippen molar-refractivity contribution in [3.8, 4) is 11.5 Å². The first-order valence-electron chi connectivity index (χ1n) is 14.5. The third kappa shape index (κ3) is 7.97. The van der Waals surface area contributed by atoms with E-state index in [0.717, 1.165) is 41.8 Å². The lowest BCUT2D eigenvalue weighted by Gasteiger charge is -2.34. The van der Waals surface area contributed by atoms with Crippen molar-refractivity contribution in [2.75, 3.05) is 30.3 Å². The number of hydrogen-bond acceptors (Lipinski definition) is 6. The van der Waals surface area contributed by atoms with E-state index in [9.17, 15) is 18.0 Å². The van der Waals surface area contributed by atoms with E-state index < -0.39 is 28.5 Å². The molecule has 3 aromatic carbocycles. The molecule has 234 valence electrons. The highest BCUT2D eigenvalue weighted by atomic mass is 35.5. The van der Waals surface area contributed by atoms with Gasteiger partial charge in [-0.25, -0.2) is 8.42 Å². The Bertz CT molecular complexity index is 1600. The maximum Gasteiger partial charge on any atom is 0.244 e. The summed E-state index contributed by atoms with van der Waals surface area (Å²) in [6, 6.07) is 18.1. The van der Waals surface area contributed by atoms with E-state index in [1.807, 2.05) is 30.3 Å². The zero-order valence-electron chi connectivity index (χ0n) is 24.4. The lowest BCUT2D eigenvalue weighted by Crippen LogP contribution is -2.54. The van der Waals surface area contributed by atoms with Gasteiger partial charge in [-0.1, -0.05) is 72.4 Å². The molecule has 0 bridgehead atoms. The summed E-state index contributed by atoms with van der Waals surface area (Å²) in [4.78, 5) is 29.7. The fraction of sp³-hybridized carbons (Fsp3) is 0.375. The van der Waals surface area contributed by atoms with Crippen LogP contribution in [-0.4, -0.2) is 63.2 Å². The standard InChI is InChI=1S/C32H35Cl2N3O6S/c1-44(40,41)37(26-13-14-29-30(19-26)43-16-15-42-29)21-31(38)36(20-23-11-12-24(33)18-27(23)34)28(17-22-7-3-2-4-8-22)32(39)35-25-9-5-6-10-25/h2-4,7-8,11-14,18-19,25,28H,5-6,9-10,15-17,20-21H2,1H3,(H,35,39)/t28-/m1/s1. The molecule has 9 nitrogen and oxygen atoms in total. The Hall–Kier alpha value is -3.47. The Morgan fingerprint density at radius 3 is 2.34 bits per heavy atom. The van der Waals surface area contributed by atoms with E-state index in [4.69, 9.17) is 32.7 Å². The first kappa shape index (κ1) is 31.9. The van der Waals surface area contributed by atoms with Gasteiger partial charge in [0, 0.05) is 35.1 Å². The topological polar surface area (TPSA) is 105 Å². The predicted octanol–water partition coefficient (Wildman–Crippen LogP) is 5.23. The van der Waals surface area contributed by atoms with Crippen molar-refractivity contribution < 1.29 is 27.5 Å². The maximum absolute atomic E-state index is 14.3. The van der Waals surface area contributed by atoms with Crippen LogP contribution in [0.1, 0.15) is 36.8 Å². The van der Waals surface area contributed by atoms with Crippen LogP contribution in [0.4, 0.5) is 5.69 Å². The molecule has 1 aliphatic heterocycles. The summed E-state index contributed by atoms with van der Waals surface area (Å²) in [5.41, 5.74) is 1.66. The van der Waals surface area contributed by atoms with Crippen LogP contribution < -0.4 is 19.1 Å². The van der Waals surface area contributed by atoms with Crippen molar-refractivity contribution in [3.63, 3.8) is 0 Å². The molecule has 1 aliphatic carbocycles. The van der Waals surface area contributed by atoms with Gasteiger partial charge in [0.25, 0.3) is 0 Å². The second-order valence-corrected chi connectivity index (χ2v) is 13.8. The van der Waals surface area contributed by atoms with Crippen LogP contribution >= 0.6 is 23.2 Å². The monoisotopic (exact) mass is 659 g/mol. The average molecular weight is 661 g/mol. The van der Waals surface area contributed by atoms with Crippen LogP contribution in [0.25, 0.3) is 0 Å². The van der Waals surface area contributed by atoms with Crippen LogP contribution in [0.2, 0.25) is 10.0 Å². The number of nitrogens with zero attached hydrogens (tertiary/aromatic N) is 2. The molecule has 2 aliphatic rings. The number of sulfonamides is 1. The van der Waals surface area contributed by atoms with Gasteiger partial charge in [0.05, 0.1) is 11.9 Å². The molecule has 12 heteroatoms. The molecule has 0 unspecified atom stereocenters. The Balaban J connectivity index is 1.52. The summed E-state index contributed by atoms with van der Waals surface area (Å²) in [6.07, 6.45) is 5.04. The molecule has 1 fully saturated rings. The number of fused-ring (bicyclic) bond motifs is 1. The normalized spacial score (nSPS) is 15.4. The second kappa shape index (κ2) is 14.1. The van der Waals surface area contributed by atoms with Gasteiger partial charge in [-0.15, -0.1) is 0 Å². The average Bonchev–Trinajstić information content (AvgIpc) is 3.51. The van der Waals surface area contributed by atoms with E-state index in [1.165, 1.54) is 11.0 Å². The number of nitrogens with one attached hydrogen (secondary N) is 1. The van der Waals surface area contributed by atoms with Gasteiger partial charge in [-0.2, -0.15) is 0 Å².